The molecular weight excluding hydrogens is 380 g/mol. The topological polar surface area (TPSA) is 95.9 Å². The number of hydrogen-bond donors (Lipinski definition) is 2. The maximum absolute atomic E-state index is 11.9. The fourth-order valence-electron chi connectivity index (χ4n) is 4.49. The van der Waals surface area contributed by atoms with Gasteiger partial charge in [-0.15, -0.1) is 0 Å². The highest BCUT2D eigenvalue weighted by atomic mass is 32.2. The Bertz CT molecular complexity index is 762. The minimum absolute atomic E-state index is 0.0239. The second-order valence-electron chi connectivity index (χ2n) is 7.99. The Hall–Kier alpha value is -1.64. The smallest absolute Gasteiger partial charge is 0.408 e. The molecule has 0 spiro atoms. The second-order valence-corrected chi connectivity index (χ2v) is 9.74. The molecule has 1 saturated heterocycles. The number of carboxylic acid groups (broad SMARTS) is 1. The highest BCUT2D eigenvalue weighted by molar-refractivity contribution is 7.88. The Morgan fingerprint density at radius 3 is 2.50 bits per heavy atom. The molecule has 8 heteroatoms. The van der Waals surface area contributed by atoms with E-state index in [2.05, 4.69) is 29.0 Å². The largest absolute Gasteiger partial charge is 0.465 e. The van der Waals surface area contributed by atoms with Crippen molar-refractivity contribution >= 4 is 16.1 Å². The summed E-state index contributed by atoms with van der Waals surface area (Å²) >= 11 is 0. The Morgan fingerprint density at radius 2 is 1.89 bits per heavy atom. The van der Waals surface area contributed by atoms with E-state index in [9.17, 15) is 18.3 Å². The van der Waals surface area contributed by atoms with Crippen molar-refractivity contribution in [2.24, 2.45) is 0 Å². The van der Waals surface area contributed by atoms with Crippen LogP contribution in [0, 0.1) is 0 Å². The van der Waals surface area contributed by atoms with Crippen molar-refractivity contribution in [3.05, 3.63) is 35.9 Å². The van der Waals surface area contributed by atoms with Crippen LogP contribution in [-0.4, -0.2) is 55.7 Å². The van der Waals surface area contributed by atoms with Crippen molar-refractivity contribution in [1.82, 2.24) is 9.62 Å². The van der Waals surface area contributed by atoms with E-state index in [1.165, 1.54) is 10.5 Å². The molecule has 1 aromatic carbocycles. The highest BCUT2D eigenvalue weighted by Gasteiger charge is 2.45. The van der Waals surface area contributed by atoms with Crippen molar-refractivity contribution in [1.29, 1.82) is 0 Å². The summed E-state index contributed by atoms with van der Waals surface area (Å²) in [4.78, 5) is 12.9. The first-order valence-electron chi connectivity index (χ1n) is 9.95. The number of ether oxygens (including phenoxy) is 1. The zero-order chi connectivity index (χ0) is 20.2. The van der Waals surface area contributed by atoms with E-state index >= 15 is 0 Å². The van der Waals surface area contributed by atoms with Crippen LogP contribution in [0.2, 0.25) is 0 Å². The summed E-state index contributed by atoms with van der Waals surface area (Å²) in [6.07, 6.45) is 5.69. The molecule has 1 heterocycles. The van der Waals surface area contributed by atoms with Crippen LogP contribution < -0.4 is 4.72 Å². The summed E-state index contributed by atoms with van der Waals surface area (Å²) in [6.45, 7) is 0.356. The summed E-state index contributed by atoms with van der Waals surface area (Å²) in [6, 6.07) is 10.4. The monoisotopic (exact) mass is 410 g/mol. The third-order valence-corrected chi connectivity index (χ3v) is 6.60. The molecule has 1 aliphatic heterocycles. The van der Waals surface area contributed by atoms with E-state index in [4.69, 9.17) is 4.74 Å². The van der Waals surface area contributed by atoms with Gasteiger partial charge in [-0.25, -0.2) is 13.2 Å². The molecule has 28 heavy (non-hydrogen) atoms. The molecule has 1 unspecified atom stereocenters. The third-order valence-electron chi connectivity index (χ3n) is 5.85. The van der Waals surface area contributed by atoms with Gasteiger partial charge in [-0.2, -0.15) is 4.72 Å². The number of benzene rings is 1. The number of nitrogens with zero attached hydrogens (tertiary/aromatic N) is 1. The molecule has 1 aliphatic carbocycles. The number of rotatable bonds is 6. The quantitative estimate of drug-likeness (QED) is 0.751. The van der Waals surface area contributed by atoms with E-state index in [0.717, 1.165) is 44.8 Å². The molecule has 0 bridgehead atoms. The highest BCUT2D eigenvalue weighted by Crippen LogP contribution is 2.35. The van der Waals surface area contributed by atoms with Gasteiger partial charge in [0, 0.05) is 6.54 Å². The van der Waals surface area contributed by atoms with E-state index in [0.29, 0.717) is 18.9 Å². The van der Waals surface area contributed by atoms with Crippen molar-refractivity contribution in [2.75, 3.05) is 19.4 Å². The third kappa shape index (κ3) is 5.24. The minimum atomic E-state index is -3.58. The summed E-state index contributed by atoms with van der Waals surface area (Å²) in [5.74, 6) is 0.523. The lowest BCUT2D eigenvalue weighted by Gasteiger charge is -2.46. The lowest BCUT2D eigenvalue weighted by molar-refractivity contribution is -0.0648. The van der Waals surface area contributed by atoms with Gasteiger partial charge in [0.05, 0.1) is 19.0 Å². The van der Waals surface area contributed by atoms with Gasteiger partial charge in [-0.3, -0.25) is 4.90 Å². The molecular formula is C20H30N2O5S. The van der Waals surface area contributed by atoms with Crippen LogP contribution in [0.5, 0.6) is 0 Å². The van der Waals surface area contributed by atoms with E-state index in [1.807, 2.05) is 6.07 Å². The normalized spacial score (nSPS) is 28.8. The minimum Gasteiger partial charge on any atom is -0.465 e. The Labute approximate surface area is 167 Å². The summed E-state index contributed by atoms with van der Waals surface area (Å²) < 4.78 is 32.5. The molecule has 0 radical (unpaired) electrons. The average Bonchev–Trinajstić information content (AvgIpc) is 2.66. The molecule has 2 aliphatic rings. The van der Waals surface area contributed by atoms with Crippen LogP contribution >= 0.6 is 0 Å². The molecule has 156 valence electrons. The van der Waals surface area contributed by atoms with Crippen LogP contribution in [0.3, 0.4) is 0 Å². The second kappa shape index (κ2) is 8.80. The van der Waals surface area contributed by atoms with Crippen LogP contribution in [-0.2, 0) is 14.8 Å². The van der Waals surface area contributed by atoms with Crippen molar-refractivity contribution in [3.8, 4) is 0 Å². The number of carbonyl (C=O) groups is 1. The fraction of sp³-hybridized carbons (Fsp3) is 0.650. The van der Waals surface area contributed by atoms with Gasteiger partial charge in [0.25, 0.3) is 0 Å². The van der Waals surface area contributed by atoms with Crippen LogP contribution in [0.25, 0.3) is 0 Å². The van der Waals surface area contributed by atoms with E-state index in [1.54, 1.807) is 0 Å². The van der Waals surface area contributed by atoms with Crippen LogP contribution in [0.4, 0.5) is 4.79 Å². The molecule has 1 saturated carbocycles. The molecule has 0 aromatic heterocycles. The summed E-state index contributed by atoms with van der Waals surface area (Å²) in [5.41, 5.74) is 0.133. The maximum atomic E-state index is 11.9. The van der Waals surface area contributed by atoms with Gasteiger partial charge in [-0.05, 0) is 56.4 Å². The molecule has 1 amide bonds. The number of sulfonamides is 1. The average molecular weight is 411 g/mol. The first-order chi connectivity index (χ1) is 13.3. The number of piperidine rings is 1. The predicted molar refractivity (Wildman–Crippen MR) is 107 cm³/mol. The van der Waals surface area contributed by atoms with Gasteiger partial charge in [-0.1, -0.05) is 30.3 Å². The van der Waals surface area contributed by atoms with Crippen molar-refractivity contribution < 1.29 is 23.1 Å². The van der Waals surface area contributed by atoms with Gasteiger partial charge >= 0.3 is 6.09 Å². The Balaban J connectivity index is 1.63. The van der Waals surface area contributed by atoms with Gasteiger partial charge < -0.3 is 9.84 Å². The van der Waals surface area contributed by atoms with Crippen molar-refractivity contribution in [2.45, 2.75) is 62.6 Å². The zero-order valence-corrected chi connectivity index (χ0v) is 17.2. The predicted octanol–water partition coefficient (Wildman–Crippen LogP) is 3.14. The summed E-state index contributed by atoms with van der Waals surface area (Å²) in [5, 5.41) is 9.60. The lowest BCUT2D eigenvalue weighted by Crippen LogP contribution is -2.66. The number of amides is 1. The van der Waals surface area contributed by atoms with Crippen LogP contribution in [0.15, 0.2) is 30.3 Å². The van der Waals surface area contributed by atoms with Gasteiger partial charge in [0.15, 0.2) is 0 Å². The van der Waals surface area contributed by atoms with Crippen LogP contribution in [0.1, 0.15) is 56.4 Å². The molecule has 2 fully saturated rings. The van der Waals surface area contributed by atoms with Crippen molar-refractivity contribution in [3.63, 3.8) is 0 Å². The van der Waals surface area contributed by atoms with Gasteiger partial charge in [0.2, 0.25) is 10.0 Å². The van der Waals surface area contributed by atoms with Gasteiger partial charge in [0.1, 0.15) is 5.66 Å². The van der Waals surface area contributed by atoms with E-state index in [-0.39, 0.29) is 12.7 Å². The SMILES string of the molecule is CS(=O)(=O)NC1(CO[C@H]2CC[C@@H](c3ccccc3)CC2)CCCCN1C(=O)O. The first kappa shape index (κ1) is 21.1. The Morgan fingerprint density at radius 1 is 1.21 bits per heavy atom. The molecule has 1 aromatic rings. The molecule has 7 nitrogen and oxygen atoms in total. The molecule has 3 rings (SSSR count). The molecule has 2 N–H and O–H groups in total. The first-order valence-corrected chi connectivity index (χ1v) is 11.8. The zero-order valence-electron chi connectivity index (χ0n) is 16.3. The number of likely N-dealkylation sites (tertiary alicyclic amines) is 1. The fourth-order valence-corrected chi connectivity index (χ4v) is 5.45. The number of nitrogens with one attached hydrogen (secondary N) is 1. The maximum Gasteiger partial charge on any atom is 0.408 e. The molecule has 1 atom stereocenters. The standard InChI is InChI=1S/C20H30N2O5S/c1-28(25,26)21-20(13-5-6-14-22(20)19(23)24)15-27-18-11-9-17(10-12-18)16-7-3-2-4-8-16/h2-4,7-8,17-18,21H,5-6,9-15H2,1H3,(H,23,24)/t17-,18+,20?. The summed E-state index contributed by atoms with van der Waals surface area (Å²) in [7, 11) is -3.58. The number of hydrogen-bond acceptors (Lipinski definition) is 4. The Kier molecular flexibility index (Phi) is 6.62. The van der Waals surface area contributed by atoms with E-state index < -0.39 is 21.8 Å². The lowest BCUT2D eigenvalue weighted by atomic mass is 9.83.